The Hall–Kier alpha value is -6.30. The highest BCUT2D eigenvalue weighted by Crippen LogP contribution is 2.51. The second-order valence-electron chi connectivity index (χ2n) is 19.1. The molecular weight excluding hydrogens is 957 g/mol. The number of esters is 2. The minimum absolute atomic E-state index is 0.0288. The van der Waals surface area contributed by atoms with Gasteiger partial charge in [-0.2, -0.15) is 0 Å². The minimum Gasteiger partial charge on any atom is -0.496 e. The highest BCUT2D eigenvalue weighted by Gasteiger charge is 2.44. The van der Waals surface area contributed by atoms with E-state index >= 15 is 0 Å². The summed E-state index contributed by atoms with van der Waals surface area (Å²) in [6, 6.07) is 11.0. The third-order valence-electron chi connectivity index (χ3n) is 15.0. The van der Waals surface area contributed by atoms with Gasteiger partial charge in [-0.15, -0.1) is 0 Å². The van der Waals surface area contributed by atoms with E-state index in [0.29, 0.717) is 135 Å². The second-order valence-corrected chi connectivity index (χ2v) is 19.1. The van der Waals surface area contributed by atoms with Crippen LogP contribution in [0.2, 0.25) is 0 Å². The van der Waals surface area contributed by atoms with Gasteiger partial charge in [0.25, 0.3) is 0 Å². The number of carbonyl (C=O) groups excluding carboxylic acids is 2. The van der Waals surface area contributed by atoms with E-state index in [0.717, 1.165) is 39.9 Å². The van der Waals surface area contributed by atoms with Crippen LogP contribution >= 0.6 is 0 Å². The van der Waals surface area contributed by atoms with Crippen molar-refractivity contribution in [2.24, 2.45) is 0 Å². The van der Waals surface area contributed by atoms with Crippen molar-refractivity contribution in [1.29, 1.82) is 0 Å². The van der Waals surface area contributed by atoms with Crippen LogP contribution in [-0.4, -0.2) is 150 Å². The summed E-state index contributed by atoms with van der Waals surface area (Å²) in [5.74, 6) is 6.38. The molecule has 18 nitrogen and oxygen atoms in total. The quantitative estimate of drug-likeness (QED) is 0.0217. The molecule has 74 heavy (non-hydrogen) atoms. The minimum atomic E-state index is -0.864. The number of quaternary nitrogens is 2. The molecule has 4 aromatic rings. The zero-order valence-electron chi connectivity index (χ0n) is 44.3. The first kappa shape index (κ1) is 57.0. The number of hydrogen-bond donors (Lipinski definition) is 5. The second kappa shape index (κ2) is 25.8. The van der Waals surface area contributed by atoms with Crippen LogP contribution in [0, 0.1) is 11.8 Å². The van der Waals surface area contributed by atoms with Crippen LogP contribution in [0.4, 0.5) is 0 Å². The smallest absolute Gasteiger partial charge is 0.384 e. The molecule has 6 rings (SSSR count). The van der Waals surface area contributed by atoms with Gasteiger partial charge in [0.15, 0.2) is 23.0 Å². The monoisotopic (exact) mass is 1030 g/mol. The number of fused-ring (bicyclic) bond motifs is 2. The Morgan fingerprint density at radius 3 is 1.39 bits per heavy atom. The number of nitrogens with zero attached hydrogens (tertiary/aromatic N) is 2. The van der Waals surface area contributed by atoms with Crippen LogP contribution in [0.5, 0.6) is 40.2 Å². The van der Waals surface area contributed by atoms with E-state index in [4.69, 9.17) is 42.6 Å². The lowest BCUT2D eigenvalue weighted by Gasteiger charge is -2.46. The topological polar surface area (TPSA) is 218 Å². The summed E-state index contributed by atoms with van der Waals surface area (Å²) >= 11 is 0. The molecule has 2 aliphatic rings. The molecule has 2 heterocycles. The third kappa shape index (κ3) is 12.1. The first-order valence-electron chi connectivity index (χ1n) is 24.7. The van der Waals surface area contributed by atoms with E-state index in [1.807, 2.05) is 36.4 Å². The van der Waals surface area contributed by atoms with Crippen molar-refractivity contribution in [2.45, 2.75) is 83.6 Å². The van der Waals surface area contributed by atoms with Gasteiger partial charge in [-0.3, -0.25) is 0 Å². The molecule has 0 saturated carbocycles. The van der Waals surface area contributed by atoms with Gasteiger partial charge in [-0.25, -0.2) is 9.59 Å². The Labute approximate surface area is 434 Å². The summed E-state index contributed by atoms with van der Waals surface area (Å²) in [6.45, 7) is 1.22. The fraction of sp³-hybridized carbons (Fsp3) is 0.500. The van der Waals surface area contributed by atoms with Crippen molar-refractivity contribution in [2.75, 3.05) is 103 Å². The highest BCUT2D eigenvalue weighted by molar-refractivity contribution is 5.98. The summed E-state index contributed by atoms with van der Waals surface area (Å²) < 4.78 is 52.5. The molecule has 0 fully saturated rings. The number of methoxy groups -OCH3 is 7. The van der Waals surface area contributed by atoms with Gasteiger partial charge in [0.1, 0.15) is 23.6 Å². The predicted molar refractivity (Wildman–Crippen MR) is 272 cm³/mol. The highest BCUT2D eigenvalue weighted by atomic mass is 16.5. The number of carbonyl (C=O) groups is 2. The van der Waals surface area contributed by atoms with Crippen molar-refractivity contribution >= 4 is 11.9 Å². The summed E-state index contributed by atoms with van der Waals surface area (Å²) in [5, 5.41) is 51.3. The lowest BCUT2D eigenvalue weighted by molar-refractivity contribution is -0.941. The summed E-state index contributed by atoms with van der Waals surface area (Å²) in [5.41, 5.74) is 8.41. The Morgan fingerprint density at radius 2 is 0.932 bits per heavy atom. The number of aliphatic hydroxyl groups excluding tert-OH is 5. The van der Waals surface area contributed by atoms with Crippen molar-refractivity contribution in [3.05, 3.63) is 97.6 Å². The van der Waals surface area contributed by atoms with Crippen LogP contribution < -0.4 is 33.2 Å². The van der Waals surface area contributed by atoms with Crippen molar-refractivity contribution < 1.29 is 86.7 Å². The van der Waals surface area contributed by atoms with Gasteiger partial charge in [0.05, 0.1) is 147 Å². The zero-order chi connectivity index (χ0) is 53.7. The maximum absolute atomic E-state index is 12.9. The number of hydrogen-bond acceptors (Lipinski definition) is 16. The maximum Gasteiger partial charge on any atom is 0.384 e. The van der Waals surface area contributed by atoms with E-state index in [2.05, 4.69) is 25.9 Å². The van der Waals surface area contributed by atoms with Crippen LogP contribution in [0.3, 0.4) is 0 Å². The molecular formula is C56H74N2O16+2. The number of ether oxygens (including phenoxy) is 9. The standard InChI is InChI=1S/C56H74N2O16/c1-57(18-14-37-28-40(31-60)43(34-63)54(70-7)51(37)44(57)24-35-22-39(30-59)42(33-62)46(26-35)66-3)16-10-20-73-49(64)12-13-50(65)74-21-11-17-58(2)19-15-38-29-48(68-5)55(71-8)56(72-9)52(38)45(58)25-36-23-41(32-61)53(69-6)47(27-36)67-4/h22-23,26-29,44-45,59-63H,10-11,14-21,24-25,30-34H2,1-9H3/q+2. The Morgan fingerprint density at radius 1 is 0.500 bits per heavy atom. The molecule has 4 atom stereocenters. The lowest BCUT2D eigenvalue weighted by atomic mass is 9.82. The number of aliphatic hydroxyl groups is 5. The zero-order valence-corrected chi connectivity index (χ0v) is 44.3. The average molecular weight is 1030 g/mol. The van der Waals surface area contributed by atoms with Gasteiger partial charge >= 0.3 is 11.9 Å². The van der Waals surface area contributed by atoms with Crippen molar-refractivity contribution in [3.8, 4) is 52.1 Å². The number of benzene rings is 4. The normalized spacial score (nSPS) is 18.7. The molecule has 0 saturated heterocycles. The molecule has 18 heteroatoms. The fourth-order valence-electron chi connectivity index (χ4n) is 11.1. The van der Waals surface area contributed by atoms with Gasteiger partial charge in [-0.05, 0) is 57.6 Å². The molecule has 0 aliphatic carbocycles. The van der Waals surface area contributed by atoms with E-state index in [1.54, 1.807) is 35.5 Å². The van der Waals surface area contributed by atoms with Crippen LogP contribution in [-0.2, 0) is 77.8 Å². The van der Waals surface area contributed by atoms with Crippen LogP contribution in [0.25, 0.3) is 0 Å². The summed E-state index contributed by atoms with van der Waals surface area (Å²) in [4.78, 5) is 25.8. The average Bonchev–Trinajstić information content (AvgIpc) is 3.42. The van der Waals surface area contributed by atoms with Crippen molar-refractivity contribution in [3.63, 3.8) is 0 Å². The van der Waals surface area contributed by atoms with Crippen LogP contribution in [0.1, 0.15) is 86.1 Å². The van der Waals surface area contributed by atoms with Gasteiger partial charge in [-0.1, -0.05) is 12.1 Å². The molecule has 4 aromatic carbocycles. The van der Waals surface area contributed by atoms with Gasteiger partial charge in [0.2, 0.25) is 5.75 Å². The molecule has 4 unspecified atom stereocenters. The largest absolute Gasteiger partial charge is 0.496 e. The maximum atomic E-state index is 12.9. The molecule has 0 spiro atoms. The van der Waals surface area contributed by atoms with Crippen molar-refractivity contribution in [1.82, 2.24) is 0 Å². The first-order chi connectivity index (χ1) is 35.7. The van der Waals surface area contributed by atoms with E-state index in [-0.39, 0.29) is 58.3 Å². The molecule has 2 aliphatic heterocycles. The molecule has 0 aromatic heterocycles. The Balaban J connectivity index is 1.12. The molecule has 0 bridgehead atoms. The van der Waals surface area contributed by atoms with Gasteiger partial charge in [0, 0.05) is 67.1 Å². The Kier molecular flexibility index (Phi) is 19.8. The molecule has 0 amide bonds. The number of likely N-dealkylation sites (N-methyl/N-ethyl adjacent to an activating group) is 2. The van der Waals surface area contributed by atoms with E-state index < -0.39 is 11.9 Å². The van der Waals surface area contributed by atoms with E-state index in [1.165, 1.54) is 14.2 Å². The molecule has 5 N–H and O–H groups in total. The first-order valence-corrected chi connectivity index (χ1v) is 24.7. The van der Waals surface area contributed by atoms with E-state index in [9.17, 15) is 35.1 Å². The Bertz CT molecular complexity index is 2470. The summed E-state index contributed by atoms with van der Waals surface area (Å²) in [7, 11) is 15.2. The molecule has 402 valence electrons. The fourth-order valence-corrected chi connectivity index (χ4v) is 11.1. The number of rotatable bonds is 24. The SMILES string of the molecule is COc1cc(CC2c3c(cc(CO)c(CO)c3OC)CC[N+]2(C)CCCOC(=O)C#CC(=O)OCCC[N+]2(C)CCc3cc(OC)c(OC)c(OC)c3C2Cc2cc(CO)c(OC)c(OC)c2)cc(CO)c1CO. The lowest BCUT2D eigenvalue weighted by Crippen LogP contribution is -2.53. The third-order valence-corrected chi connectivity index (χ3v) is 15.0. The molecule has 0 radical (unpaired) electrons. The summed E-state index contributed by atoms with van der Waals surface area (Å²) in [6.07, 6.45) is 3.27. The predicted octanol–water partition coefficient (Wildman–Crippen LogP) is 4.35. The van der Waals surface area contributed by atoms with Gasteiger partial charge < -0.3 is 77.1 Å². The van der Waals surface area contributed by atoms with Crippen LogP contribution in [0.15, 0.2) is 36.4 Å².